The maximum atomic E-state index is 5.67. The molecule has 4 heteroatoms. The first-order valence-electron chi connectivity index (χ1n) is 6.59. The van der Waals surface area contributed by atoms with E-state index in [1.165, 1.54) is 10.9 Å². The lowest BCUT2D eigenvalue weighted by atomic mass is 10.1. The molecule has 0 spiro atoms. The molecule has 0 fully saturated rings. The summed E-state index contributed by atoms with van der Waals surface area (Å²) in [5.41, 5.74) is 8.00. The summed E-state index contributed by atoms with van der Waals surface area (Å²) in [5.74, 6) is 0. The van der Waals surface area contributed by atoms with Gasteiger partial charge in [-0.2, -0.15) is 0 Å². The van der Waals surface area contributed by atoms with Crippen LogP contribution in [0.25, 0.3) is 10.9 Å². The second-order valence-electron chi connectivity index (χ2n) is 4.54. The number of fused-ring (bicyclic) bond motifs is 1. The molecule has 4 nitrogen and oxygen atoms in total. The van der Waals surface area contributed by atoms with Crippen molar-refractivity contribution in [2.24, 2.45) is 5.73 Å². The van der Waals surface area contributed by atoms with Gasteiger partial charge in [-0.3, -0.25) is 9.88 Å². The molecule has 0 aliphatic rings. The lowest BCUT2D eigenvalue weighted by Crippen LogP contribution is -2.32. The fourth-order valence-electron chi connectivity index (χ4n) is 2.21. The van der Waals surface area contributed by atoms with Crippen molar-refractivity contribution in [1.82, 2.24) is 9.88 Å². The molecule has 2 rings (SSSR count). The number of nitrogens with two attached hydrogens (primary N) is 1. The summed E-state index contributed by atoms with van der Waals surface area (Å²) in [5, 5.41) is 1.21. The van der Waals surface area contributed by atoms with Gasteiger partial charge >= 0.3 is 0 Å². The van der Waals surface area contributed by atoms with Gasteiger partial charge < -0.3 is 10.5 Å². The molecule has 0 aliphatic carbocycles. The maximum absolute atomic E-state index is 5.67. The SMILES string of the molecule is COCCN(CCN)Cc1ccnc2ccccc12. The smallest absolute Gasteiger partial charge is 0.0705 e. The second kappa shape index (κ2) is 7.19. The van der Waals surface area contributed by atoms with Gasteiger partial charge in [-0.15, -0.1) is 0 Å². The van der Waals surface area contributed by atoms with Crippen LogP contribution in [0, 0.1) is 0 Å². The molecular formula is C15H21N3O. The van der Waals surface area contributed by atoms with Gasteiger partial charge in [0.05, 0.1) is 12.1 Å². The Hall–Kier alpha value is -1.49. The van der Waals surface area contributed by atoms with E-state index < -0.39 is 0 Å². The van der Waals surface area contributed by atoms with Gasteiger partial charge in [0.1, 0.15) is 0 Å². The van der Waals surface area contributed by atoms with Gasteiger partial charge in [0.2, 0.25) is 0 Å². The molecule has 19 heavy (non-hydrogen) atoms. The molecule has 0 amide bonds. The molecule has 0 unspecified atom stereocenters. The van der Waals surface area contributed by atoms with E-state index in [0.29, 0.717) is 6.54 Å². The number of ether oxygens (including phenoxy) is 1. The Kier molecular flexibility index (Phi) is 5.27. The monoisotopic (exact) mass is 259 g/mol. The first-order valence-corrected chi connectivity index (χ1v) is 6.59. The van der Waals surface area contributed by atoms with Gasteiger partial charge in [-0.25, -0.2) is 0 Å². The lowest BCUT2D eigenvalue weighted by molar-refractivity contribution is 0.146. The summed E-state index contributed by atoms with van der Waals surface area (Å²) < 4.78 is 5.15. The third-order valence-electron chi connectivity index (χ3n) is 3.19. The van der Waals surface area contributed by atoms with Crippen LogP contribution in [0.2, 0.25) is 0 Å². The molecule has 0 radical (unpaired) electrons. The highest BCUT2D eigenvalue weighted by atomic mass is 16.5. The average molecular weight is 259 g/mol. The number of rotatable bonds is 7. The fourth-order valence-corrected chi connectivity index (χ4v) is 2.21. The molecule has 1 aromatic carbocycles. The number of hydrogen-bond donors (Lipinski definition) is 1. The van der Waals surface area contributed by atoms with Gasteiger partial charge in [0, 0.05) is 44.9 Å². The van der Waals surface area contributed by atoms with Crippen LogP contribution in [0.15, 0.2) is 36.5 Å². The third-order valence-corrected chi connectivity index (χ3v) is 3.19. The van der Waals surface area contributed by atoms with Crippen LogP contribution in [0.4, 0.5) is 0 Å². The van der Waals surface area contributed by atoms with E-state index in [9.17, 15) is 0 Å². The first-order chi connectivity index (χ1) is 9.35. The summed E-state index contributed by atoms with van der Waals surface area (Å²) in [6.45, 7) is 4.03. The predicted octanol–water partition coefficient (Wildman–Crippen LogP) is 1.64. The number of hydrogen-bond acceptors (Lipinski definition) is 4. The highest BCUT2D eigenvalue weighted by molar-refractivity contribution is 5.81. The van der Waals surface area contributed by atoms with E-state index in [4.69, 9.17) is 10.5 Å². The van der Waals surface area contributed by atoms with E-state index in [2.05, 4.69) is 28.1 Å². The predicted molar refractivity (Wildman–Crippen MR) is 78.0 cm³/mol. The van der Waals surface area contributed by atoms with Crippen molar-refractivity contribution in [3.63, 3.8) is 0 Å². The molecule has 102 valence electrons. The minimum absolute atomic E-state index is 0.659. The van der Waals surface area contributed by atoms with E-state index in [-0.39, 0.29) is 0 Å². The van der Waals surface area contributed by atoms with Crippen LogP contribution >= 0.6 is 0 Å². The van der Waals surface area contributed by atoms with Gasteiger partial charge in [0.15, 0.2) is 0 Å². The number of benzene rings is 1. The van der Waals surface area contributed by atoms with Crippen LogP contribution < -0.4 is 5.73 Å². The fraction of sp³-hybridized carbons (Fsp3) is 0.400. The molecule has 0 atom stereocenters. The average Bonchev–Trinajstić information content (AvgIpc) is 2.45. The van der Waals surface area contributed by atoms with Crippen LogP contribution in [0.3, 0.4) is 0 Å². The number of methoxy groups -OCH3 is 1. The maximum Gasteiger partial charge on any atom is 0.0705 e. The molecule has 2 aromatic rings. The van der Waals surface area contributed by atoms with Gasteiger partial charge in [-0.05, 0) is 17.7 Å². The molecule has 1 aromatic heterocycles. The standard InChI is InChI=1S/C15H21N3O/c1-19-11-10-18(9-7-16)12-13-6-8-17-15-5-3-2-4-14(13)15/h2-6,8H,7,9-12,16H2,1H3. The Labute approximate surface area is 114 Å². The summed E-state index contributed by atoms with van der Waals surface area (Å²) >= 11 is 0. The quantitative estimate of drug-likeness (QED) is 0.821. The Morgan fingerprint density at radius 2 is 2.05 bits per heavy atom. The summed E-state index contributed by atoms with van der Waals surface area (Å²) in [4.78, 5) is 6.70. The van der Waals surface area contributed by atoms with Crippen molar-refractivity contribution >= 4 is 10.9 Å². The zero-order valence-electron chi connectivity index (χ0n) is 11.4. The van der Waals surface area contributed by atoms with E-state index in [1.807, 2.05) is 18.3 Å². The molecule has 0 bridgehead atoms. The van der Waals surface area contributed by atoms with Crippen molar-refractivity contribution in [3.8, 4) is 0 Å². The van der Waals surface area contributed by atoms with Gasteiger partial charge in [0.25, 0.3) is 0 Å². The third kappa shape index (κ3) is 3.73. The zero-order chi connectivity index (χ0) is 13.5. The van der Waals surface area contributed by atoms with Crippen molar-refractivity contribution in [2.75, 3.05) is 33.4 Å². The Bertz CT molecular complexity index is 510. The first kappa shape index (κ1) is 13.9. The Balaban J connectivity index is 2.18. The molecule has 0 aliphatic heterocycles. The molecule has 1 heterocycles. The van der Waals surface area contributed by atoms with Crippen molar-refractivity contribution < 1.29 is 4.74 Å². The van der Waals surface area contributed by atoms with Crippen molar-refractivity contribution in [3.05, 3.63) is 42.1 Å². The molecule has 0 saturated carbocycles. The van der Waals surface area contributed by atoms with Crippen LogP contribution in [0.5, 0.6) is 0 Å². The van der Waals surface area contributed by atoms with E-state index in [0.717, 1.165) is 31.8 Å². The van der Waals surface area contributed by atoms with Crippen LogP contribution in [-0.4, -0.2) is 43.2 Å². The van der Waals surface area contributed by atoms with Crippen LogP contribution in [-0.2, 0) is 11.3 Å². The summed E-state index contributed by atoms with van der Waals surface area (Å²) in [6, 6.07) is 10.3. The minimum Gasteiger partial charge on any atom is -0.383 e. The number of pyridine rings is 1. The largest absolute Gasteiger partial charge is 0.383 e. The summed E-state index contributed by atoms with van der Waals surface area (Å²) in [6.07, 6.45) is 1.87. The van der Waals surface area contributed by atoms with Crippen molar-refractivity contribution in [1.29, 1.82) is 0 Å². The topological polar surface area (TPSA) is 51.4 Å². The normalized spacial score (nSPS) is 11.3. The molecular weight excluding hydrogens is 238 g/mol. The highest BCUT2D eigenvalue weighted by Gasteiger charge is 2.07. The Morgan fingerprint density at radius 1 is 1.21 bits per heavy atom. The summed E-state index contributed by atoms with van der Waals surface area (Å²) in [7, 11) is 1.72. The van der Waals surface area contributed by atoms with Gasteiger partial charge in [-0.1, -0.05) is 18.2 Å². The molecule has 2 N–H and O–H groups in total. The van der Waals surface area contributed by atoms with E-state index in [1.54, 1.807) is 7.11 Å². The number of nitrogens with zero attached hydrogens (tertiary/aromatic N) is 2. The second-order valence-corrected chi connectivity index (χ2v) is 4.54. The lowest BCUT2D eigenvalue weighted by Gasteiger charge is -2.21. The minimum atomic E-state index is 0.659. The molecule has 0 saturated heterocycles. The van der Waals surface area contributed by atoms with Crippen LogP contribution in [0.1, 0.15) is 5.56 Å². The number of aromatic nitrogens is 1. The Morgan fingerprint density at radius 3 is 2.84 bits per heavy atom. The van der Waals surface area contributed by atoms with Crippen molar-refractivity contribution in [2.45, 2.75) is 6.54 Å². The zero-order valence-corrected chi connectivity index (χ0v) is 11.4. The van der Waals surface area contributed by atoms with E-state index >= 15 is 0 Å². The highest BCUT2D eigenvalue weighted by Crippen LogP contribution is 2.17. The number of para-hydroxylation sites is 1.